The van der Waals surface area contributed by atoms with Crippen LogP contribution in [0.15, 0.2) is 22.5 Å². The molecule has 0 unspecified atom stereocenters. The summed E-state index contributed by atoms with van der Waals surface area (Å²) in [5.41, 5.74) is 7.68. The van der Waals surface area contributed by atoms with Gasteiger partial charge < -0.3 is 5.73 Å². The zero-order valence-electron chi connectivity index (χ0n) is 8.98. The number of nitrogens with zero attached hydrogens (tertiary/aromatic N) is 1. The highest BCUT2D eigenvalue weighted by atomic mass is 32.2. The normalized spacial score (nSPS) is 17.2. The molecule has 0 amide bonds. The van der Waals surface area contributed by atoms with Crippen molar-refractivity contribution in [2.45, 2.75) is 35.3 Å². The minimum absolute atomic E-state index is 0.790. The maximum absolute atomic E-state index is 5.77. The van der Waals surface area contributed by atoms with Crippen LogP contribution in [0.3, 0.4) is 0 Å². The quantitative estimate of drug-likeness (QED) is 0.821. The van der Waals surface area contributed by atoms with Gasteiger partial charge in [-0.15, -0.1) is 11.3 Å². The molecule has 2 N–H and O–H groups in total. The molecule has 0 bridgehead atoms. The number of fused-ring (bicyclic) bond motifs is 1. The van der Waals surface area contributed by atoms with Crippen LogP contribution in [-0.2, 0) is 0 Å². The Bertz CT molecular complexity index is 501. The van der Waals surface area contributed by atoms with E-state index in [2.05, 4.69) is 4.98 Å². The van der Waals surface area contributed by atoms with Gasteiger partial charge in [0.25, 0.3) is 0 Å². The van der Waals surface area contributed by atoms with Crippen LogP contribution >= 0.6 is 23.1 Å². The van der Waals surface area contributed by atoms with E-state index >= 15 is 0 Å². The van der Waals surface area contributed by atoms with Gasteiger partial charge in [-0.2, -0.15) is 0 Å². The molecule has 2 nitrogen and oxygen atoms in total. The summed E-state index contributed by atoms with van der Waals surface area (Å²) in [4.78, 5) is 4.64. The predicted molar refractivity (Wildman–Crippen MR) is 72.1 cm³/mol. The van der Waals surface area contributed by atoms with Crippen LogP contribution < -0.4 is 5.73 Å². The molecule has 2 aromatic rings. The van der Waals surface area contributed by atoms with E-state index in [0.29, 0.717) is 0 Å². The van der Waals surface area contributed by atoms with Crippen LogP contribution in [0.2, 0.25) is 0 Å². The Labute approximate surface area is 103 Å². The molecule has 1 saturated carbocycles. The zero-order chi connectivity index (χ0) is 11.0. The Kier molecular flexibility index (Phi) is 2.77. The molecule has 0 radical (unpaired) electrons. The summed E-state index contributed by atoms with van der Waals surface area (Å²) in [5.74, 6) is 0. The summed E-state index contributed by atoms with van der Waals surface area (Å²) in [6.07, 6.45) is 5.47. The van der Waals surface area contributed by atoms with E-state index in [1.807, 2.05) is 30.0 Å². The molecule has 0 spiro atoms. The molecular weight excluding hydrogens is 236 g/mol. The number of hydrogen-bond acceptors (Lipinski definition) is 4. The van der Waals surface area contributed by atoms with Gasteiger partial charge in [-0.25, -0.2) is 4.98 Å². The van der Waals surface area contributed by atoms with Crippen molar-refractivity contribution in [3.8, 4) is 0 Å². The van der Waals surface area contributed by atoms with E-state index in [9.17, 15) is 0 Å². The lowest BCUT2D eigenvalue weighted by molar-refractivity contribution is 0.886. The lowest BCUT2D eigenvalue weighted by atomic mass is 10.3. The van der Waals surface area contributed by atoms with Crippen molar-refractivity contribution in [2.75, 3.05) is 5.73 Å². The van der Waals surface area contributed by atoms with Crippen molar-refractivity contribution in [3.05, 3.63) is 18.2 Å². The van der Waals surface area contributed by atoms with E-state index in [1.54, 1.807) is 11.3 Å². The Morgan fingerprint density at radius 3 is 2.94 bits per heavy atom. The van der Waals surface area contributed by atoms with Crippen molar-refractivity contribution >= 4 is 39.0 Å². The number of anilines is 1. The van der Waals surface area contributed by atoms with Gasteiger partial charge in [-0.05, 0) is 31.0 Å². The maximum Gasteiger partial charge on any atom is 0.151 e. The van der Waals surface area contributed by atoms with Crippen LogP contribution in [-0.4, -0.2) is 10.2 Å². The van der Waals surface area contributed by atoms with E-state index in [1.165, 1.54) is 34.7 Å². The Hall–Kier alpha value is -0.740. The fourth-order valence-electron chi connectivity index (χ4n) is 2.12. The number of nitrogens with two attached hydrogens (primary N) is 1. The Morgan fingerprint density at radius 1 is 1.31 bits per heavy atom. The highest BCUT2D eigenvalue weighted by Gasteiger charge is 2.18. The number of aromatic nitrogens is 1. The van der Waals surface area contributed by atoms with Crippen molar-refractivity contribution < 1.29 is 0 Å². The highest BCUT2D eigenvalue weighted by molar-refractivity contribution is 8.01. The van der Waals surface area contributed by atoms with E-state index in [0.717, 1.165) is 16.5 Å². The van der Waals surface area contributed by atoms with Crippen molar-refractivity contribution in [1.82, 2.24) is 4.98 Å². The molecule has 84 valence electrons. The predicted octanol–water partition coefficient (Wildman–Crippen LogP) is 3.91. The lowest BCUT2D eigenvalue weighted by Gasteiger charge is -2.03. The third-order valence-electron chi connectivity index (χ3n) is 2.96. The van der Waals surface area contributed by atoms with Gasteiger partial charge in [0.2, 0.25) is 0 Å². The fourth-order valence-corrected chi connectivity index (χ4v) is 4.74. The minimum atomic E-state index is 0.790. The maximum atomic E-state index is 5.77. The summed E-state index contributed by atoms with van der Waals surface area (Å²) in [5, 5.41) is 0.790. The largest absolute Gasteiger partial charge is 0.399 e. The Morgan fingerprint density at radius 2 is 2.12 bits per heavy atom. The molecule has 16 heavy (non-hydrogen) atoms. The molecular formula is C12H14N2S2. The summed E-state index contributed by atoms with van der Waals surface area (Å²) in [6, 6.07) is 5.96. The van der Waals surface area contributed by atoms with Gasteiger partial charge in [0.1, 0.15) is 0 Å². The molecule has 4 heteroatoms. The van der Waals surface area contributed by atoms with Gasteiger partial charge in [-0.3, -0.25) is 0 Å². The van der Waals surface area contributed by atoms with Crippen molar-refractivity contribution in [2.24, 2.45) is 0 Å². The molecule has 0 atom stereocenters. The van der Waals surface area contributed by atoms with Crippen LogP contribution in [0.1, 0.15) is 25.7 Å². The average Bonchev–Trinajstić information content (AvgIpc) is 2.86. The molecule has 1 heterocycles. The van der Waals surface area contributed by atoms with E-state index in [-0.39, 0.29) is 0 Å². The second-order valence-electron chi connectivity index (χ2n) is 4.23. The number of hydrogen-bond donors (Lipinski definition) is 1. The first kappa shape index (κ1) is 10.4. The molecule has 1 aromatic heterocycles. The van der Waals surface area contributed by atoms with Crippen molar-refractivity contribution in [3.63, 3.8) is 0 Å². The number of thiazole rings is 1. The summed E-state index contributed by atoms with van der Waals surface area (Å²) in [7, 11) is 0. The lowest BCUT2D eigenvalue weighted by Crippen LogP contribution is -1.92. The minimum Gasteiger partial charge on any atom is -0.399 e. The van der Waals surface area contributed by atoms with Crippen molar-refractivity contribution in [1.29, 1.82) is 0 Å². The SMILES string of the molecule is Nc1ccc2nc(SC3CCCC3)sc2c1. The highest BCUT2D eigenvalue weighted by Crippen LogP contribution is 2.38. The average molecular weight is 250 g/mol. The van der Waals surface area contributed by atoms with Gasteiger partial charge in [-0.1, -0.05) is 24.6 Å². The first-order chi connectivity index (χ1) is 7.81. The number of rotatable bonds is 2. The second-order valence-corrected chi connectivity index (χ2v) is 6.81. The number of nitrogen functional groups attached to an aromatic ring is 1. The third kappa shape index (κ3) is 2.04. The topological polar surface area (TPSA) is 38.9 Å². The van der Waals surface area contributed by atoms with Crippen LogP contribution in [0.4, 0.5) is 5.69 Å². The summed E-state index contributed by atoms with van der Waals surface area (Å²) in [6.45, 7) is 0. The number of benzene rings is 1. The third-order valence-corrected chi connectivity index (χ3v) is 5.41. The van der Waals surface area contributed by atoms with Gasteiger partial charge in [0.15, 0.2) is 4.34 Å². The van der Waals surface area contributed by atoms with E-state index < -0.39 is 0 Å². The van der Waals surface area contributed by atoms with Gasteiger partial charge >= 0.3 is 0 Å². The van der Waals surface area contributed by atoms with E-state index in [4.69, 9.17) is 5.73 Å². The summed E-state index contributed by atoms with van der Waals surface area (Å²) < 4.78 is 2.41. The van der Waals surface area contributed by atoms with Crippen LogP contribution in [0, 0.1) is 0 Å². The zero-order valence-corrected chi connectivity index (χ0v) is 10.6. The smallest absolute Gasteiger partial charge is 0.151 e. The molecule has 1 aliphatic carbocycles. The first-order valence-corrected chi connectivity index (χ1v) is 7.33. The molecule has 3 rings (SSSR count). The van der Waals surface area contributed by atoms with Crippen LogP contribution in [0.5, 0.6) is 0 Å². The van der Waals surface area contributed by atoms with Gasteiger partial charge in [0, 0.05) is 10.9 Å². The standard InChI is InChI=1S/C12H14N2S2/c13-8-5-6-10-11(7-8)16-12(14-10)15-9-3-1-2-4-9/h5-7,9H,1-4,13H2. The number of thioether (sulfide) groups is 1. The molecule has 0 aliphatic heterocycles. The monoisotopic (exact) mass is 250 g/mol. The fraction of sp³-hybridized carbons (Fsp3) is 0.417. The summed E-state index contributed by atoms with van der Waals surface area (Å²) >= 11 is 3.72. The Balaban J connectivity index is 1.86. The molecule has 1 aromatic carbocycles. The molecule has 0 saturated heterocycles. The molecule has 1 fully saturated rings. The second kappa shape index (κ2) is 4.26. The van der Waals surface area contributed by atoms with Gasteiger partial charge in [0.05, 0.1) is 10.2 Å². The molecule has 1 aliphatic rings. The van der Waals surface area contributed by atoms with Crippen LogP contribution in [0.25, 0.3) is 10.2 Å². The first-order valence-electron chi connectivity index (χ1n) is 5.64.